The number of ether oxygens (including phenoxy) is 1. The summed E-state index contributed by atoms with van der Waals surface area (Å²) in [5.41, 5.74) is 1.70. The van der Waals surface area contributed by atoms with Crippen molar-refractivity contribution in [2.45, 2.75) is 19.9 Å². The largest absolute Gasteiger partial charge is 0.467 e. The molecule has 0 aliphatic carbocycles. The molecule has 29 heavy (non-hydrogen) atoms. The van der Waals surface area contributed by atoms with Gasteiger partial charge < -0.3 is 19.0 Å². The van der Waals surface area contributed by atoms with Crippen LogP contribution in [-0.4, -0.2) is 36.1 Å². The molecule has 0 aliphatic rings. The first-order chi connectivity index (χ1) is 14.1. The summed E-state index contributed by atoms with van der Waals surface area (Å²) in [6, 6.07) is 11.3. The Bertz CT molecular complexity index is 1210. The summed E-state index contributed by atoms with van der Waals surface area (Å²) in [7, 11) is 1.64. The zero-order chi connectivity index (χ0) is 20.4. The molecule has 3 aromatic heterocycles. The lowest BCUT2D eigenvalue weighted by Crippen LogP contribution is -2.31. The van der Waals surface area contributed by atoms with E-state index in [0.717, 1.165) is 33.3 Å². The Hall–Kier alpha value is -2.90. The molecule has 0 atom stereocenters. The zero-order valence-corrected chi connectivity index (χ0v) is 17.2. The summed E-state index contributed by atoms with van der Waals surface area (Å²) in [5.74, 6) is 0.606. The lowest BCUT2D eigenvalue weighted by molar-refractivity contribution is 0.0716. The quantitative estimate of drug-likeness (QED) is 0.460. The first kappa shape index (κ1) is 19.4. The maximum atomic E-state index is 13.3. The van der Waals surface area contributed by atoms with Gasteiger partial charge in [-0.25, -0.2) is 0 Å². The maximum absolute atomic E-state index is 13.3. The molecule has 0 saturated heterocycles. The number of hydrogen-bond donors (Lipinski definition) is 1. The van der Waals surface area contributed by atoms with E-state index < -0.39 is 0 Å². The van der Waals surface area contributed by atoms with Crippen molar-refractivity contribution in [2.75, 3.05) is 20.3 Å². The van der Waals surface area contributed by atoms with Crippen molar-refractivity contribution in [1.82, 2.24) is 9.88 Å². The average molecular weight is 410 g/mol. The highest BCUT2D eigenvalue weighted by Crippen LogP contribution is 2.31. The predicted molar refractivity (Wildman–Crippen MR) is 115 cm³/mol. The third-order valence-electron chi connectivity index (χ3n) is 4.85. The van der Waals surface area contributed by atoms with Crippen molar-refractivity contribution in [3.8, 4) is 0 Å². The van der Waals surface area contributed by atoms with E-state index in [9.17, 15) is 9.59 Å². The Labute approximate surface area is 171 Å². The molecule has 0 aliphatic heterocycles. The van der Waals surface area contributed by atoms with Crippen LogP contribution < -0.4 is 5.56 Å². The Kier molecular flexibility index (Phi) is 5.51. The highest BCUT2D eigenvalue weighted by atomic mass is 32.1. The van der Waals surface area contributed by atoms with Gasteiger partial charge in [0.2, 0.25) is 0 Å². The van der Waals surface area contributed by atoms with E-state index in [1.165, 1.54) is 11.3 Å². The van der Waals surface area contributed by atoms with Crippen LogP contribution in [0.15, 0.2) is 51.9 Å². The van der Waals surface area contributed by atoms with E-state index in [2.05, 4.69) is 4.98 Å². The number of furan rings is 1. The Morgan fingerprint density at radius 3 is 2.86 bits per heavy atom. The number of H-pyrrole nitrogens is 1. The summed E-state index contributed by atoms with van der Waals surface area (Å²) >= 11 is 1.36. The minimum Gasteiger partial charge on any atom is -0.467 e. The van der Waals surface area contributed by atoms with E-state index in [4.69, 9.17) is 9.15 Å². The molecule has 1 N–H and O–H groups in total. The van der Waals surface area contributed by atoms with Gasteiger partial charge in [0.25, 0.3) is 11.5 Å². The van der Waals surface area contributed by atoms with Crippen molar-refractivity contribution in [2.24, 2.45) is 0 Å². The maximum Gasteiger partial charge on any atom is 0.264 e. The molecule has 3 heterocycles. The van der Waals surface area contributed by atoms with Gasteiger partial charge >= 0.3 is 0 Å². The second kappa shape index (κ2) is 8.23. The number of carbonyl (C=O) groups is 1. The van der Waals surface area contributed by atoms with Crippen molar-refractivity contribution in [3.63, 3.8) is 0 Å². The molecule has 0 spiro atoms. The van der Waals surface area contributed by atoms with Gasteiger partial charge in [0, 0.05) is 35.9 Å². The standard InChI is InChI=1S/C22H22N2O4S/c1-14-6-7-18-16(11-14)20-17(21(25)23-18)12-19(29-20)22(26)24(8-4-9-27-2)13-15-5-3-10-28-15/h3,5-7,10-12H,4,8-9,13H2,1-2H3,(H,23,25). The van der Waals surface area contributed by atoms with Gasteiger partial charge in [-0.1, -0.05) is 11.6 Å². The van der Waals surface area contributed by atoms with E-state index in [-0.39, 0.29) is 11.5 Å². The second-order valence-electron chi connectivity index (χ2n) is 7.01. The van der Waals surface area contributed by atoms with Crippen LogP contribution in [0.2, 0.25) is 0 Å². The fourth-order valence-corrected chi connectivity index (χ4v) is 4.56. The minimum atomic E-state index is -0.177. The topological polar surface area (TPSA) is 75.5 Å². The number of aryl methyl sites for hydroxylation is 1. The van der Waals surface area contributed by atoms with Crippen LogP contribution >= 0.6 is 11.3 Å². The molecule has 0 radical (unpaired) electrons. The number of hydrogen-bond acceptors (Lipinski definition) is 5. The zero-order valence-electron chi connectivity index (χ0n) is 16.4. The summed E-state index contributed by atoms with van der Waals surface area (Å²) in [5, 5.41) is 1.51. The average Bonchev–Trinajstić information content (AvgIpc) is 3.38. The number of methoxy groups -OCH3 is 1. The predicted octanol–water partition coefficient (Wildman–Crippen LogP) is 4.32. The number of amides is 1. The number of nitrogens with one attached hydrogen (secondary N) is 1. The molecule has 6 nitrogen and oxygen atoms in total. The number of carbonyl (C=O) groups excluding carboxylic acids is 1. The number of nitrogens with zero attached hydrogens (tertiary/aromatic N) is 1. The van der Waals surface area contributed by atoms with Gasteiger partial charge in [-0.2, -0.15) is 0 Å². The van der Waals surface area contributed by atoms with Gasteiger partial charge in [0.15, 0.2) is 0 Å². The highest BCUT2D eigenvalue weighted by Gasteiger charge is 2.21. The van der Waals surface area contributed by atoms with Crippen molar-refractivity contribution >= 4 is 38.2 Å². The number of aromatic amines is 1. The van der Waals surface area contributed by atoms with Crippen LogP contribution in [0, 0.1) is 6.92 Å². The van der Waals surface area contributed by atoms with E-state index in [1.54, 1.807) is 30.4 Å². The summed E-state index contributed by atoms with van der Waals surface area (Å²) in [4.78, 5) is 31.0. The SMILES string of the molecule is COCCCN(Cc1ccco1)C(=O)c1cc2c(=O)[nH]c3ccc(C)cc3c2s1. The third-order valence-corrected chi connectivity index (χ3v) is 6.00. The molecule has 4 rings (SSSR count). The van der Waals surface area contributed by atoms with E-state index in [1.807, 2.05) is 31.2 Å². The monoisotopic (exact) mass is 410 g/mol. The van der Waals surface area contributed by atoms with Crippen LogP contribution in [-0.2, 0) is 11.3 Å². The normalized spacial score (nSPS) is 11.4. The molecular weight excluding hydrogens is 388 g/mol. The van der Waals surface area contributed by atoms with Crippen LogP contribution in [0.3, 0.4) is 0 Å². The molecule has 1 amide bonds. The lowest BCUT2D eigenvalue weighted by atomic mass is 10.1. The molecule has 0 bridgehead atoms. The number of pyridine rings is 1. The summed E-state index contributed by atoms with van der Waals surface area (Å²) < 4.78 is 11.4. The Morgan fingerprint density at radius 1 is 1.24 bits per heavy atom. The number of benzene rings is 1. The number of aromatic nitrogens is 1. The first-order valence-electron chi connectivity index (χ1n) is 9.43. The number of rotatable bonds is 7. The summed E-state index contributed by atoms with van der Waals surface area (Å²) in [6.07, 6.45) is 2.32. The Balaban J connectivity index is 1.73. The smallest absolute Gasteiger partial charge is 0.264 e. The van der Waals surface area contributed by atoms with Crippen molar-refractivity contribution in [1.29, 1.82) is 0 Å². The van der Waals surface area contributed by atoms with Gasteiger partial charge in [0.05, 0.1) is 23.1 Å². The molecular formula is C22H22N2O4S. The molecule has 150 valence electrons. The fourth-order valence-electron chi connectivity index (χ4n) is 3.41. The van der Waals surface area contributed by atoms with Crippen molar-refractivity contribution < 1.29 is 13.9 Å². The molecule has 0 saturated carbocycles. The molecule has 1 aromatic carbocycles. The third kappa shape index (κ3) is 3.97. The summed E-state index contributed by atoms with van der Waals surface area (Å²) in [6.45, 7) is 3.49. The molecule has 4 aromatic rings. The molecule has 0 unspecified atom stereocenters. The molecule has 7 heteroatoms. The van der Waals surface area contributed by atoms with Gasteiger partial charge in [-0.3, -0.25) is 9.59 Å². The first-order valence-corrected chi connectivity index (χ1v) is 10.3. The van der Waals surface area contributed by atoms with Crippen LogP contribution in [0.5, 0.6) is 0 Å². The number of thiophene rings is 1. The molecule has 0 fully saturated rings. The van der Waals surface area contributed by atoms with Crippen LogP contribution in [0.1, 0.15) is 27.4 Å². The van der Waals surface area contributed by atoms with Gasteiger partial charge in [-0.15, -0.1) is 11.3 Å². The highest BCUT2D eigenvalue weighted by molar-refractivity contribution is 7.21. The van der Waals surface area contributed by atoms with E-state index >= 15 is 0 Å². The number of fused-ring (bicyclic) bond motifs is 3. The van der Waals surface area contributed by atoms with Gasteiger partial charge in [-0.05, 0) is 43.7 Å². The van der Waals surface area contributed by atoms with E-state index in [0.29, 0.717) is 30.0 Å². The fraction of sp³-hybridized carbons (Fsp3) is 0.273. The Morgan fingerprint density at radius 2 is 2.10 bits per heavy atom. The lowest BCUT2D eigenvalue weighted by Gasteiger charge is -2.20. The van der Waals surface area contributed by atoms with Gasteiger partial charge in [0.1, 0.15) is 5.76 Å². The van der Waals surface area contributed by atoms with Crippen LogP contribution in [0.4, 0.5) is 0 Å². The van der Waals surface area contributed by atoms with Crippen LogP contribution in [0.25, 0.3) is 21.0 Å². The second-order valence-corrected chi connectivity index (χ2v) is 8.06. The minimum absolute atomic E-state index is 0.112. The van der Waals surface area contributed by atoms with Crippen molar-refractivity contribution in [3.05, 3.63) is 69.2 Å².